The fourth-order valence-corrected chi connectivity index (χ4v) is 3.56. The van der Waals surface area contributed by atoms with E-state index in [1.807, 2.05) is 0 Å². The fraction of sp³-hybridized carbons (Fsp3) is 0.417. The van der Waals surface area contributed by atoms with Gasteiger partial charge in [0.1, 0.15) is 5.54 Å². The van der Waals surface area contributed by atoms with Crippen LogP contribution in [0.1, 0.15) is 20.3 Å². The summed E-state index contributed by atoms with van der Waals surface area (Å²) >= 11 is 0. The van der Waals surface area contributed by atoms with E-state index >= 15 is 0 Å². The van der Waals surface area contributed by atoms with Crippen LogP contribution in [0.5, 0.6) is 0 Å². The van der Waals surface area contributed by atoms with Crippen LogP contribution in [0.15, 0.2) is 34.1 Å². The SMILES string of the molecule is CCC(C)(NS(=O)(=O)c1ccc(S(C)(=O)=O)cc1)C(=O)O. The Labute approximate surface area is 124 Å². The zero-order valence-electron chi connectivity index (χ0n) is 11.8. The van der Waals surface area contributed by atoms with Crippen LogP contribution in [0.25, 0.3) is 0 Å². The molecular formula is C12H17NO6S2. The highest BCUT2D eigenvalue weighted by molar-refractivity contribution is 7.90. The van der Waals surface area contributed by atoms with Gasteiger partial charge in [0.05, 0.1) is 9.79 Å². The van der Waals surface area contributed by atoms with Crippen molar-refractivity contribution in [1.82, 2.24) is 4.72 Å². The molecule has 0 aliphatic heterocycles. The van der Waals surface area contributed by atoms with Gasteiger partial charge in [-0.3, -0.25) is 4.79 Å². The topological polar surface area (TPSA) is 118 Å². The molecule has 0 radical (unpaired) electrons. The summed E-state index contributed by atoms with van der Waals surface area (Å²) in [6.45, 7) is 2.81. The third-order valence-electron chi connectivity index (χ3n) is 3.10. The molecule has 1 unspecified atom stereocenters. The van der Waals surface area contributed by atoms with Gasteiger partial charge in [0.15, 0.2) is 9.84 Å². The Kier molecular flexibility index (Phi) is 4.81. The third-order valence-corrected chi connectivity index (χ3v) is 5.84. The van der Waals surface area contributed by atoms with Gasteiger partial charge >= 0.3 is 5.97 Å². The summed E-state index contributed by atoms with van der Waals surface area (Å²) in [5.41, 5.74) is -1.63. The van der Waals surface area contributed by atoms with Crippen molar-refractivity contribution in [2.24, 2.45) is 0 Å². The average Bonchev–Trinajstić information content (AvgIpc) is 2.37. The van der Waals surface area contributed by atoms with Crippen molar-refractivity contribution < 1.29 is 26.7 Å². The molecule has 0 saturated carbocycles. The van der Waals surface area contributed by atoms with E-state index in [-0.39, 0.29) is 16.2 Å². The maximum Gasteiger partial charge on any atom is 0.324 e. The van der Waals surface area contributed by atoms with Crippen molar-refractivity contribution in [3.8, 4) is 0 Å². The first-order chi connectivity index (χ1) is 9.42. The second kappa shape index (κ2) is 5.74. The van der Waals surface area contributed by atoms with E-state index in [9.17, 15) is 21.6 Å². The van der Waals surface area contributed by atoms with Crippen LogP contribution >= 0.6 is 0 Å². The lowest BCUT2D eigenvalue weighted by Gasteiger charge is -2.24. The Morgan fingerprint density at radius 2 is 1.57 bits per heavy atom. The van der Waals surface area contributed by atoms with Crippen LogP contribution in [-0.4, -0.2) is 39.7 Å². The number of benzene rings is 1. The Morgan fingerprint density at radius 3 is 1.90 bits per heavy atom. The molecule has 1 aromatic rings. The first-order valence-electron chi connectivity index (χ1n) is 6.00. The highest BCUT2D eigenvalue weighted by Gasteiger charge is 2.36. The van der Waals surface area contributed by atoms with Gasteiger partial charge in [-0.2, -0.15) is 4.72 Å². The van der Waals surface area contributed by atoms with Crippen LogP contribution < -0.4 is 4.72 Å². The highest BCUT2D eigenvalue weighted by Crippen LogP contribution is 2.18. The summed E-state index contributed by atoms with van der Waals surface area (Å²) in [7, 11) is -7.49. The largest absolute Gasteiger partial charge is 0.480 e. The lowest BCUT2D eigenvalue weighted by atomic mass is 10.0. The van der Waals surface area contributed by atoms with Crippen LogP contribution in [0.2, 0.25) is 0 Å². The van der Waals surface area contributed by atoms with E-state index in [0.717, 1.165) is 30.5 Å². The van der Waals surface area contributed by atoms with E-state index in [4.69, 9.17) is 5.11 Å². The van der Waals surface area contributed by atoms with Gasteiger partial charge in [0, 0.05) is 6.26 Å². The Balaban J connectivity index is 3.18. The van der Waals surface area contributed by atoms with E-state index in [1.165, 1.54) is 6.92 Å². The van der Waals surface area contributed by atoms with Crippen LogP contribution in [-0.2, 0) is 24.7 Å². The predicted molar refractivity (Wildman–Crippen MR) is 76.2 cm³/mol. The maximum atomic E-state index is 12.1. The summed E-state index contributed by atoms with van der Waals surface area (Å²) in [5, 5.41) is 9.09. The summed E-state index contributed by atoms with van der Waals surface area (Å²) in [6.07, 6.45) is 1.07. The van der Waals surface area contributed by atoms with E-state index in [1.54, 1.807) is 6.92 Å². The van der Waals surface area contributed by atoms with Crippen molar-refractivity contribution in [2.45, 2.75) is 35.6 Å². The molecule has 0 aliphatic rings. The van der Waals surface area contributed by atoms with Crippen LogP contribution in [0.4, 0.5) is 0 Å². The Bertz CT molecular complexity index is 736. The normalized spacial score (nSPS) is 15.4. The number of nitrogens with one attached hydrogen (secondary N) is 1. The van der Waals surface area contributed by atoms with Gasteiger partial charge in [-0.1, -0.05) is 6.92 Å². The first kappa shape index (κ1) is 17.6. The number of aliphatic carboxylic acids is 1. The van der Waals surface area contributed by atoms with Crippen LogP contribution in [0, 0.1) is 0 Å². The third kappa shape index (κ3) is 4.02. The quantitative estimate of drug-likeness (QED) is 0.787. The molecule has 9 heteroatoms. The number of sulfonamides is 1. The minimum atomic E-state index is -4.06. The zero-order chi connectivity index (χ0) is 16.5. The summed E-state index contributed by atoms with van der Waals surface area (Å²) in [5.74, 6) is -1.29. The molecule has 1 aromatic carbocycles. The van der Waals surface area contributed by atoms with E-state index in [0.29, 0.717) is 0 Å². The first-order valence-corrected chi connectivity index (χ1v) is 9.37. The second-order valence-corrected chi connectivity index (χ2v) is 8.54. The molecule has 0 spiro atoms. The minimum absolute atomic E-state index is 0.0158. The van der Waals surface area contributed by atoms with Crippen molar-refractivity contribution in [3.63, 3.8) is 0 Å². The predicted octanol–water partition coefficient (Wildman–Crippen LogP) is 0.622. The smallest absolute Gasteiger partial charge is 0.324 e. The van der Waals surface area contributed by atoms with Gasteiger partial charge in [-0.15, -0.1) is 0 Å². The second-order valence-electron chi connectivity index (χ2n) is 4.84. The number of rotatable bonds is 6. The minimum Gasteiger partial charge on any atom is -0.480 e. The molecule has 0 fully saturated rings. The Morgan fingerprint density at radius 1 is 1.14 bits per heavy atom. The molecule has 0 heterocycles. The number of hydrogen-bond acceptors (Lipinski definition) is 5. The Hall–Kier alpha value is -1.45. The molecule has 21 heavy (non-hydrogen) atoms. The molecule has 0 aliphatic carbocycles. The number of carboxylic acid groups (broad SMARTS) is 1. The van der Waals surface area contributed by atoms with E-state index in [2.05, 4.69) is 4.72 Å². The zero-order valence-corrected chi connectivity index (χ0v) is 13.5. The van der Waals surface area contributed by atoms with Crippen molar-refractivity contribution in [3.05, 3.63) is 24.3 Å². The van der Waals surface area contributed by atoms with Crippen molar-refractivity contribution in [1.29, 1.82) is 0 Å². The molecule has 1 rings (SSSR count). The van der Waals surface area contributed by atoms with Crippen LogP contribution in [0.3, 0.4) is 0 Å². The van der Waals surface area contributed by atoms with E-state index < -0.39 is 31.4 Å². The van der Waals surface area contributed by atoms with Gasteiger partial charge < -0.3 is 5.11 Å². The molecule has 0 aromatic heterocycles. The molecular weight excluding hydrogens is 318 g/mol. The highest BCUT2D eigenvalue weighted by atomic mass is 32.2. The van der Waals surface area contributed by atoms with Gasteiger partial charge in [0.2, 0.25) is 10.0 Å². The lowest BCUT2D eigenvalue weighted by molar-refractivity contribution is -0.143. The summed E-state index contributed by atoms with van der Waals surface area (Å²) < 4.78 is 49.0. The summed E-state index contributed by atoms with van der Waals surface area (Å²) in [6, 6.07) is 4.56. The molecule has 2 N–H and O–H groups in total. The number of carbonyl (C=O) groups is 1. The number of carboxylic acids is 1. The maximum absolute atomic E-state index is 12.1. The van der Waals surface area contributed by atoms with Gasteiger partial charge in [0.25, 0.3) is 0 Å². The van der Waals surface area contributed by atoms with Gasteiger partial charge in [-0.25, -0.2) is 16.8 Å². The fourth-order valence-electron chi connectivity index (χ4n) is 1.49. The molecule has 0 amide bonds. The number of hydrogen-bond donors (Lipinski definition) is 2. The van der Waals surface area contributed by atoms with Gasteiger partial charge in [-0.05, 0) is 37.6 Å². The van der Waals surface area contributed by atoms with Crippen molar-refractivity contribution >= 4 is 25.8 Å². The molecule has 7 nitrogen and oxygen atoms in total. The average molecular weight is 335 g/mol. The standard InChI is InChI=1S/C12H17NO6S2/c1-4-12(2,11(14)15)13-21(18,19)10-7-5-9(6-8-10)20(3,16)17/h5-8,13H,4H2,1-3H3,(H,14,15). The number of sulfone groups is 1. The molecule has 1 atom stereocenters. The molecule has 0 saturated heterocycles. The monoisotopic (exact) mass is 335 g/mol. The van der Waals surface area contributed by atoms with Crippen molar-refractivity contribution in [2.75, 3.05) is 6.26 Å². The molecule has 118 valence electrons. The lowest BCUT2D eigenvalue weighted by Crippen LogP contribution is -2.51. The summed E-state index contributed by atoms with van der Waals surface area (Å²) in [4.78, 5) is 10.9. The molecule has 0 bridgehead atoms.